The summed E-state index contributed by atoms with van der Waals surface area (Å²) < 4.78 is 7.23. The summed E-state index contributed by atoms with van der Waals surface area (Å²) in [6.07, 6.45) is 8.76. The Morgan fingerprint density at radius 2 is 2.27 bits per heavy atom. The van der Waals surface area contributed by atoms with E-state index in [1.54, 1.807) is 24.9 Å². The predicted molar refractivity (Wildman–Crippen MR) is 95.2 cm³/mol. The molecule has 1 aliphatic rings. The fourth-order valence-electron chi connectivity index (χ4n) is 3.25. The van der Waals surface area contributed by atoms with Crippen LogP contribution in [0.25, 0.3) is 0 Å². The average Bonchev–Trinajstić information content (AvgIpc) is 3.33. The maximum Gasteiger partial charge on any atom is 0.271 e. The molecule has 0 saturated carbocycles. The summed E-state index contributed by atoms with van der Waals surface area (Å²) >= 11 is 0. The van der Waals surface area contributed by atoms with Crippen molar-refractivity contribution in [3.8, 4) is 0 Å². The number of nitrogens with zero attached hydrogens (tertiary/aromatic N) is 4. The van der Waals surface area contributed by atoms with Crippen LogP contribution in [0.3, 0.4) is 0 Å². The zero-order chi connectivity index (χ0) is 17.9. The number of nitrogens with one attached hydrogen (secondary N) is 1. The van der Waals surface area contributed by atoms with Gasteiger partial charge in [0, 0.05) is 50.3 Å². The molecule has 1 N–H and O–H groups in total. The van der Waals surface area contributed by atoms with Crippen molar-refractivity contribution < 1.29 is 9.21 Å². The second-order valence-corrected chi connectivity index (χ2v) is 6.50. The van der Waals surface area contributed by atoms with Crippen molar-refractivity contribution in [2.75, 3.05) is 6.54 Å². The quantitative estimate of drug-likeness (QED) is 0.764. The Morgan fingerprint density at radius 1 is 1.35 bits per heavy atom. The van der Waals surface area contributed by atoms with Gasteiger partial charge in [-0.2, -0.15) is 0 Å². The van der Waals surface area contributed by atoms with Gasteiger partial charge in [-0.3, -0.25) is 14.7 Å². The third-order valence-electron chi connectivity index (χ3n) is 4.73. The number of rotatable bonds is 5. The fraction of sp³-hybridized carbons (Fsp3) is 0.316. The molecular weight excluding hydrogens is 330 g/mol. The lowest BCUT2D eigenvalue weighted by Crippen LogP contribution is -2.36. The number of amides is 1. The van der Waals surface area contributed by atoms with Crippen molar-refractivity contribution >= 4 is 5.91 Å². The van der Waals surface area contributed by atoms with Gasteiger partial charge in [0.1, 0.15) is 11.5 Å². The highest BCUT2D eigenvalue weighted by molar-refractivity contribution is 5.92. The normalized spacial score (nSPS) is 17.0. The SMILES string of the molecule is C[C@H]1c2nc(C(=O)NCc3cccnc3)cn2CCN1Cc1ccoc1. The first-order valence-corrected chi connectivity index (χ1v) is 8.70. The molecule has 0 aromatic carbocycles. The zero-order valence-corrected chi connectivity index (χ0v) is 14.6. The van der Waals surface area contributed by atoms with Crippen LogP contribution in [0.5, 0.6) is 0 Å². The van der Waals surface area contributed by atoms with Crippen LogP contribution in [-0.4, -0.2) is 31.9 Å². The Morgan fingerprint density at radius 3 is 3.04 bits per heavy atom. The van der Waals surface area contributed by atoms with E-state index in [-0.39, 0.29) is 11.9 Å². The van der Waals surface area contributed by atoms with E-state index < -0.39 is 0 Å². The van der Waals surface area contributed by atoms with E-state index in [0.29, 0.717) is 12.2 Å². The third kappa shape index (κ3) is 3.39. The van der Waals surface area contributed by atoms with Crippen molar-refractivity contribution in [2.24, 2.45) is 0 Å². The summed E-state index contributed by atoms with van der Waals surface area (Å²) in [7, 11) is 0. The van der Waals surface area contributed by atoms with Crippen molar-refractivity contribution in [3.05, 3.63) is 72.0 Å². The fourth-order valence-corrected chi connectivity index (χ4v) is 3.25. The van der Waals surface area contributed by atoms with Gasteiger partial charge in [0.05, 0.1) is 18.6 Å². The van der Waals surface area contributed by atoms with Crippen molar-refractivity contribution in [3.63, 3.8) is 0 Å². The van der Waals surface area contributed by atoms with Crippen molar-refractivity contribution in [1.82, 2.24) is 24.8 Å². The molecular formula is C19H21N5O2. The van der Waals surface area contributed by atoms with E-state index in [2.05, 4.69) is 31.7 Å². The minimum absolute atomic E-state index is 0.138. The van der Waals surface area contributed by atoms with Gasteiger partial charge < -0.3 is 14.3 Å². The van der Waals surface area contributed by atoms with Crippen LogP contribution >= 0.6 is 0 Å². The van der Waals surface area contributed by atoms with E-state index >= 15 is 0 Å². The summed E-state index contributed by atoms with van der Waals surface area (Å²) in [6, 6.07) is 5.90. The zero-order valence-electron chi connectivity index (χ0n) is 14.6. The van der Waals surface area contributed by atoms with Crippen LogP contribution in [0.2, 0.25) is 0 Å². The van der Waals surface area contributed by atoms with Gasteiger partial charge in [0.2, 0.25) is 0 Å². The van der Waals surface area contributed by atoms with E-state index in [1.165, 1.54) is 0 Å². The lowest BCUT2D eigenvalue weighted by Gasteiger charge is -2.33. The van der Waals surface area contributed by atoms with Crippen LogP contribution in [0.15, 0.2) is 53.7 Å². The standard InChI is InChI=1S/C19H21N5O2/c1-14-18-22-17(19(25)21-10-15-3-2-5-20-9-15)12-24(18)7-6-23(14)11-16-4-8-26-13-16/h2-5,8-9,12-14H,6-7,10-11H2,1H3,(H,21,25)/t14-/m0/s1. The Hall–Kier alpha value is -2.93. The van der Waals surface area contributed by atoms with Gasteiger partial charge in [-0.15, -0.1) is 0 Å². The highest BCUT2D eigenvalue weighted by atomic mass is 16.3. The molecule has 4 rings (SSSR count). The highest BCUT2D eigenvalue weighted by Gasteiger charge is 2.27. The molecule has 0 radical (unpaired) electrons. The van der Waals surface area contributed by atoms with Crippen LogP contribution in [0.1, 0.15) is 40.4 Å². The third-order valence-corrected chi connectivity index (χ3v) is 4.73. The minimum atomic E-state index is -0.163. The first-order valence-electron chi connectivity index (χ1n) is 8.70. The van der Waals surface area contributed by atoms with Crippen LogP contribution in [0.4, 0.5) is 0 Å². The van der Waals surface area contributed by atoms with Gasteiger partial charge in [0.25, 0.3) is 5.91 Å². The number of furan rings is 1. The molecule has 3 aromatic heterocycles. The van der Waals surface area contributed by atoms with Crippen LogP contribution < -0.4 is 5.32 Å². The molecule has 1 atom stereocenters. The summed E-state index contributed by atoms with van der Waals surface area (Å²) in [5, 5.41) is 2.91. The molecule has 7 nitrogen and oxygen atoms in total. The lowest BCUT2D eigenvalue weighted by atomic mass is 10.2. The molecule has 0 unspecified atom stereocenters. The van der Waals surface area contributed by atoms with Gasteiger partial charge in [-0.25, -0.2) is 4.98 Å². The Balaban J connectivity index is 1.43. The summed E-state index contributed by atoms with van der Waals surface area (Å²) in [4.78, 5) is 23.4. The smallest absolute Gasteiger partial charge is 0.271 e. The topological polar surface area (TPSA) is 76.2 Å². The number of carbonyl (C=O) groups is 1. The number of fused-ring (bicyclic) bond motifs is 1. The number of hydrogen-bond acceptors (Lipinski definition) is 5. The van der Waals surface area contributed by atoms with Gasteiger partial charge in [0.15, 0.2) is 0 Å². The van der Waals surface area contributed by atoms with Gasteiger partial charge >= 0.3 is 0 Å². The first kappa shape index (κ1) is 16.5. The number of hydrogen-bond donors (Lipinski definition) is 1. The summed E-state index contributed by atoms with van der Waals surface area (Å²) in [5.74, 6) is 0.760. The lowest BCUT2D eigenvalue weighted by molar-refractivity contribution is 0.0946. The number of carbonyl (C=O) groups excluding carboxylic acids is 1. The van der Waals surface area contributed by atoms with E-state index in [4.69, 9.17) is 4.42 Å². The average molecular weight is 351 g/mol. The Bertz CT molecular complexity index is 873. The Kier molecular flexibility index (Phi) is 4.53. The van der Waals surface area contributed by atoms with Gasteiger partial charge in [-0.05, 0) is 24.6 Å². The molecule has 0 saturated heterocycles. The largest absolute Gasteiger partial charge is 0.472 e. The van der Waals surface area contributed by atoms with E-state index in [9.17, 15) is 4.79 Å². The molecule has 3 aromatic rings. The highest BCUT2D eigenvalue weighted by Crippen LogP contribution is 2.26. The molecule has 1 amide bonds. The maximum absolute atomic E-state index is 12.4. The van der Waals surface area contributed by atoms with Crippen molar-refractivity contribution in [1.29, 1.82) is 0 Å². The molecule has 0 fully saturated rings. The van der Waals surface area contributed by atoms with Crippen molar-refractivity contribution in [2.45, 2.75) is 32.6 Å². The van der Waals surface area contributed by atoms with E-state index in [0.717, 1.165) is 36.6 Å². The molecule has 0 bridgehead atoms. The number of imidazole rings is 1. The molecule has 0 spiro atoms. The molecule has 26 heavy (non-hydrogen) atoms. The van der Waals surface area contributed by atoms with Gasteiger partial charge in [-0.1, -0.05) is 6.07 Å². The Labute approximate surface area is 151 Å². The van der Waals surface area contributed by atoms with E-state index in [1.807, 2.05) is 24.4 Å². The summed E-state index contributed by atoms with van der Waals surface area (Å²) in [5.41, 5.74) is 2.57. The van der Waals surface area contributed by atoms with Crippen LogP contribution in [-0.2, 0) is 19.6 Å². The predicted octanol–water partition coefficient (Wildman–Crippen LogP) is 2.38. The molecule has 7 heteroatoms. The van der Waals surface area contributed by atoms with Crippen LogP contribution in [0, 0.1) is 0 Å². The number of aromatic nitrogens is 3. The molecule has 134 valence electrons. The maximum atomic E-state index is 12.4. The second kappa shape index (κ2) is 7.13. The minimum Gasteiger partial charge on any atom is -0.472 e. The molecule has 4 heterocycles. The first-order chi connectivity index (χ1) is 12.7. The second-order valence-electron chi connectivity index (χ2n) is 6.50. The molecule has 1 aliphatic heterocycles. The number of pyridine rings is 1. The monoisotopic (exact) mass is 351 g/mol. The molecule has 0 aliphatic carbocycles. The summed E-state index contributed by atoms with van der Waals surface area (Å²) in [6.45, 7) is 5.10.